The normalized spacial score (nSPS) is 11.3. The van der Waals surface area contributed by atoms with Gasteiger partial charge < -0.3 is 0 Å². The lowest BCUT2D eigenvalue weighted by Crippen LogP contribution is -2.00. The maximum Gasteiger partial charge on any atom is 0.164 e. The first kappa shape index (κ1) is 24.0. The fraction of sp³-hybridized carbons (Fsp3) is 0. The Bertz CT molecular complexity index is 2160. The van der Waals surface area contributed by atoms with Crippen LogP contribution in [0.1, 0.15) is 0 Å². The number of fused-ring (bicyclic) bond motifs is 3. The van der Waals surface area contributed by atoms with Gasteiger partial charge in [0.15, 0.2) is 17.5 Å². The van der Waals surface area contributed by atoms with Crippen LogP contribution in [0.25, 0.3) is 78.0 Å². The SMILES string of the molecule is c1ccc2ncc(-c3ccc(-c4nc(-c5ccc6ncccc6c5)nc(-c5ccc6ncccc6c5)n4)cc3)cc2c1. The van der Waals surface area contributed by atoms with Crippen LogP contribution < -0.4 is 0 Å². The lowest BCUT2D eigenvalue weighted by atomic mass is 10.0. The minimum atomic E-state index is 0.606. The molecule has 0 aliphatic heterocycles. The molecular weight excluding hydrogens is 516 g/mol. The Morgan fingerprint density at radius 1 is 0.333 bits per heavy atom. The summed E-state index contributed by atoms with van der Waals surface area (Å²) in [4.78, 5) is 28.4. The van der Waals surface area contributed by atoms with E-state index in [1.54, 1.807) is 12.4 Å². The Balaban J connectivity index is 1.25. The van der Waals surface area contributed by atoms with E-state index >= 15 is 0 Å². The van der Waals surface area contributed by atoms with E-state index in [1.165, 1.54) is 0 Å². The van der Waals surface area contributed by atoms with Crippen molar-refractivity contribution in [3.8, 4) is 45.3 Å². The van der Waals surface area contributed by atoms with Crippen LogP contribution >= 0.6 is 0 Å². The van der Waals surface area contributed by atoms with E-state index in [4.69, 9.17) is 15.0 Å². The third-order valence-electron chi connectivity index (χ3n) is 7.42. The highest BCUT2D eigenvalue weighted by Crippen LogP contribution is 2.30. The quantitative estimate of drug-likeness (QED) is 0.225. The summed E-state index contributed by atoms with van der Waals surface area (Å²) in [7, 11) is 0. The Morgan fingerprint density at radius 2 is 0.786 bits per heavy atom. The molecule has 0 amide bonds. The zero-order valence-corrected chi connectivity index (χ0v) is 22.4. The van der Waals surface area contributed by atoms with Crippen LogP contribution in [-0.4, -0.2) is 29.9 Å². The zero-order chi connectivity index (χ0) is 27.9. The number of para-hydroxylation sites is 1. The van der Waals surface area contributed by atoms with Crippen molar-refractivity contribution in [2.75, 3.05) is 0 Å². The molecule has 0 saturated carbocycles. The number of benzene rings is 4. The maximum atomic E-state index is 4.94. The first-order valence-electron chi connectivity index (χ1n) is 13.7. The Labute approximate surface area is 241 Å². The van der Waals surface area contributed by atoms with E-state index < -0.39 is 0 Å². The van der Waals surface area contributed by atoms with Gasteiger partial charge in [-0.05, 0) is 66.2 Å². The standard InChI is InChI=1S/C36H22N6/c1-2-8-31-25(5-1)21-30(22-39-31)23-9-11-24(12-10-23)34-40-35(28-13-15-32-26(19-28)6-3-17-37-32)42-36(41-34)29-14-16-33-27(20-29)7-4-18-38-33/h1-22H. The van der Waals surface area contributed by atoms with Gasteiger partial charge in [0.25, 0.3) is 0 Å². The summed E-state index contributed by atoms with van der Waals surface area (Å²) >= 11 is 0. The second-order valence-corrected chi connectivity index (χ2v) is 10.1. The second-order valence-electron chi connectivity index (χ2n) is 10.1. The monoisotopic (exact) mass is 538 g/mol. The average molecular weight is 539 g/mol. The van der Waals surface area contributed by atoms with Crippen LogP contribution in [0.15, 0.2) is 134 Å². The summed E-state index contributed by atoms with van der Waals surface area (Å²) < 4.78 is 0. The van der Waals surface area contributed by atoms with Gasteiger partial charge in [-0.25, -0.2) is 15.0 Å². The van der Waals surface area contributed by atoms with Gasteiger partial charge in [-0.1, -0.05) is 54.6 Å². The summed E-state index contributed by atoms with van der Waals surface area (Å²) in [5, 5.41) is 3.18. The van der Waals surface area contributed by atoms with E-state index in [9.17, 15) is 0 Å². The van der Waals surface area contributed by atoms with Crippen LogP contribution in [0.5, 0.6) is 0 Å². The Kier molecular flexibility index (Phi) is 5.67. The average Bonchev–Trinajstić information content (AvgIpc) is 3.07. The Hall–Kier alpha value is -5.88. The summed E-state index contributed by atoms with van der Waals surface area (Å²) in [6.45, 7) is 0. The lowest BCUT2D eigenvalue weighted by molar-refractivity contribution is 1.07. The first-order valence-corrected chi connectivity index (χ1v) is 13.7. The van der Waals surface area contributed by atoms with Crippen LogP contribution in [0.3, 0.4) is 0 Å². The van der Waals surface area contributed by atoms with Gasteiger partial charge in [0, 0.05) is 57.0 Å². The largest absolute Gasteiger partial charge is 0.256 e. The van der Waals surface area contributed by atoms with Gasteiger partial charge in [-0.3, -0.25) is 15.0 Å². The molecule has 6 heteroatoms. The molecule has 0 spiro atoms. The molecule has 0 atom stereocenters. The number of hydrogen-bond donors (Lipinski definition) is 0. The second kappa shape index (κ2) is 9.94. The smallest absolute Gasteiger partial charge is 0.164 e. The van der Waals surface area contributed by atoms with Crippen molar-refractivity contribution in [3.05, 3.63) is 134 Å². The molecule has 42 heavy (non-hydrogen) atoms. The number of nitrogens with zero attached hydrogens (tertiary/aromatic N) is 6. The van der Waals surface area contributed by atoms with Crippen LogP contribution in [-0.2, 0) is 0 Å². The van der Waals surface area contributed by atoms with E-state index in [0.717, 1.165) is 60.5 Å². The minimum Gasteiger partial charge on any atom is -0.256 e. The first-order chi connectivity index (χ1) is 20.8. The van der Waals surface area contributed by atoms with Gasteiger partial charge in [0.1, 0.15) is 0 Å². The molecule has 0 radical (unpaired) electrons. The molecule has 6 nitrogen and oxygen atoms in total. The fourth-order valence-corrected chi connectivity index (χ4v) is 5.23. The number of pyridine rings is 3. The van der Waals surface area contributed by atoms with E-state index in [1.807, 2.05) is 72.9 Å². The summed E-state index contributed by atoms with van der Waals surface area (Å²) in [6.07, 6.45) is 5.51. The maximum absolute atomic E-state index is 4.94. The van der Waals surface area contributed by atoms with Crippen LogP contribution in [0.2, 0.25) is 0 Å². The highest BCUT2D eigenvalue weighted by molar-refractivity contribution is 5.86. The number of hydrogen-bond acceptors (Lipinski definition) is 6. The topological polar surface area (TPSA) is 77.3 Å². The molecule has 4 heterocycles. The summed E-state index contributed by atoms with van der Waals surface area (Å²) in [5.41, 5.74) is 7.69. The predicted octanol–water partition coefficient (Wildman–Crippen LogP) is 8.18. The van der Waals surface area contributed by atoms with Gasteiger partial charge in [0.05, 0.1) is 16.6 Å². The predicted molar refractivity (Wildman–Crippen MR) is 167 cm³/mol. The van der Waals surface area contributed by atoms with E-state index in [-0.39, 0.29) is 0 Å². The molecule has 8 rings (SSSR count). The molecule has 0 aliphatic carbocycles. The molecule has 4 aromatic heterocycles. The molecule has 4 aromatic carbocycles. The molecule has 8 aromatic rings. The number of rotatable bonds is 4. The molecule has 0 N–H and O–H groups in total. The lowest BCUT2D eigenvalue weighted by Gasteiger charge is -2.10. The molecule has 0 saturated heterocycles. The molecule has 0 fully saturated rings. The third kappa shape index (κ3) is 4.41. The Morgan fingerprint density at radius 3 is 1.40 bits per heavy atom. The van der Waals surface area contributed by atoms with Crippen molar-refractivity contribution in [1.82, 2.24) is 29.9 Å². The summed E-state index contributed by atoms with van der Waals surface area (Å²) in [5.74, 6) is 1.82. The molecular formula is C36H22N6. The molecule has 196 valence electrons. The highest BCUT2D eigenvalue weighted by Gasteiger charge is 2.14. The van der Waals surface area contributed by atoms with Crippen molar-refractivity contribution in [1.29, 1.82) is 0 Å². The zero-order valence-electron chi connectivity index (χ0n) is 22.4. The van der Waals surface area contributed by atoms with E-state index in [2.05, 4.69) is 63.5 Å². The van der Waals surface area contributed by atoms with Gasteiger partial charge in [0.2, 0.25) is 0 Å². The van der Waals surface area contributed by atoms with Gasteiger partial charge >= 0.3 is 0 Å². The van der Waals surface area contributed by atoms with Gasteiger partial charge in [-0.2, -0.15) is 0 Å². The van der Waals surface area contributed by atoms with Crippen molar-refractivity contribution in [2.24, 2.45) is 0 Å². The van der Waals surface area contributed by atoms with Crippen LogP contribution in [0, 0.1) is 0 Å². The van der Waals surface area contributed by atoms with Crippen molar-refractivity contribution < 1.29 is 0 Å². The van der Waals surface area contributed by atoms with Crippen molar-refractivity contribution in [2.45, 2.75) is 0 Å². The minimum absolute atomic E-state index is 0.606. The molecule has 0 unspecified atom stereocenters. The summed E-state index contributed by atoms with van der Waals surface area (Å²) in [6, 6.07) is 38.8. The fourth-order valence-electron chi connectivity index (χ4n) is 5.23. The van der Waals surface area contributed by atoms with Gasteiger partial charge in [-0.15, -0.1) is 0 Å². The van der Waals surface area contributed by atoms with Crippen molar-refractivity contribution >= 4 is 32.7 Å². The molecule has 0 aliphatic rings. The van der Waals surface area contributed by atoms with E-state index in [0.29, 0.717) is 17.5 Å². The van der Waals surface area contributed by atoms with Crippen molar-refractivity contribution in [3.63, 3.8) is 0 Å². The third-order valence-corrected chi connectivity index (χ3v) is 7.42. The highest BCUT2D eigenvalue weighted by atomic mass is 15.0. The number of aromatic nitrogens is 6. The molecule has 0 bridgehead atoms. The van der Waals surface area contributed by atoms with Crippen LogP contribution in [0.4, 0.5) is 0 Å².